The third kappa shape index (κ3) is 3.68. The molecule has 19 heavy (non-hydrogen) atoms. The molecule has 0 saturated carbocycles. The van der Waals surface area contributed by atoms with E-state index in [0.29, 0.717) is 5.56 Å². The van der Waals surface area contributed by atoms with Crippen molar-refractivity contribution in [3.63, 3.8) is 0 Å². The summed E-state index contributed by atoms with van der Waals surface area (Å²) in [5.74, 6) is -2.14. The van der Waals surface area contributed by atoms with Gasteiger partial charge in [0.15, 0.2) is 0 Å². The van der Waals surface area contributed by atoms with E-state index in [9.17, 15) is 18.3 Å². The van der Waals surface area contributed by atoms with Crippen LogP contribution in [0.5, 0.6) is 5.75 Å². The SMILES string of the molecule is Cc1cc(C(=O)O)c(O)c(S(=O)(=O)NC(C)(C)C)c1. The molecule has 0 radical (unpaired) electrons. The lowest BCUT2D eigenvalue weighted by atomic mass is 10.1. The van der Waals surface area contributed by atoms with Crippen LogP contribution in [-0.2, 0) is 10.0 Å². The number of phenols is 1. The summed E-state index contributed by atoms with van der Waals surface area (Å²) in [5, 5.41) is 18.8. The molecule has 106 valence electrons. The van der Waals surface area contributed by atoms with E-state index in [4.69, 9.17) is 5.11 Å². The summed E-state index contributed by atoms with van der Waals surface area (Å²) in [6.45, 7) is 6.50. The molecule has 0 amide bonds. The van der Waals surface area contributed by atoms with Gasteiger partial charge >= 0.3 is 5.97 Å². The van der Waals surface area contributed by atoms with Crippen LogP contribution in [0.4, 0.5) is 0 Å². The van der Waals surface area contributed by atoms with Crippen molar-refractivity contribution in [2.45, 2.75) is 38.1 Å². The summed E-state index contributed by atoms with van der Waals surface area (Å²) in [6, 6.07) is 2.45. The number of carboxylic acids is 1. The summed E-state index contributed by atoms with van der Waals surface area (Å²) in [4.78, 5) is 10.5. The maximum Gasteiger partial charge on any atom is 0.339 e. The molecule has 0 atom stereocenters. The van der Waals surface area contributed by atoms with Crippen molar-refractivity contribution in [2.24, 2.45) is 0 Å². The molecule has 0 fully saturated rings. The van der Waals surface area contributed by atoms with E-state index in [1.165, 1.54) is 12.1 Å². The Morgan fingerprint density at radius 1 is 1.26 bits per heavy atom. The zero-order chi connectivity index (χ0) is 15.0. The van der Waals surface area contributed by atoms with Gasteiger partial charge in [0.05, 0.1) is 0 Å². The fraction of sp³-hybridized carbons (Fsp3) is 0.417. The average Bonchev–Trinajstić information content (AvgIpc) is 2.16. The number of aromatic carboxylic acids is 1. The van der Waals surface area contributed by atoms with Gasteiger partial charge in [-0.2, -0.15) is 0 Å². The van der Waals surface area contributed by atoms with Gasteiger partial charge in [-0.15, -0.1) is 0 Å². The lowest BCUT2D eigenvalue weighted by Crippen LogP contribution is -2.40. The Labute approximate surface area is 112 Å². The summed E-state index contributed by atoms with van der Waals surface area (Å²) in [5.41, 5.74) is -0.739. The average molecular weight is 287 g/mol. The Kier molecular flexibility index (Phi) is 3.92. The minimum atomic E-state index is -3.99. The number of aryl methyl sites for hydroxylation is 1. The predicted molar refractivity (Wildman–Crippen MR) is 69.9 cm³/mol. The van der Waals surface area contributed by atoms with Gasteiger partial charge in [-0.3, -0.25) is 0 Å². The molecule has 1 aromatic rings. The largest absolute Gasteiger partial charge is 0.506 e. The van der Waals surface area contributed by atoms with Crippen molar-refractivity contribution >= 4 is 16.0 Å². The van der Waals surface area contributed by atoms with Gasteiger partial charge < -0.3 is 10.2 Å². The molecule has 0 aliphatic rings. The number of benzene rings is 1. The zero-order valence-electron chi connectivity index (χ0n) is 11.2. The molecule has 0 saturated heterocycles. The maximum atomic E-state index is 12.1. The van der Waals surface area contributed by atoms with Crippen LogP contribution in [0, 0.1) is 6.92 Å². The van der Waals surface area contributed by atoms with Crippen molar-refractivity contribution in [2.75, 3.05) is 0 Å². The molecule has 0 aliphatic carbocycles. The van der Waals surface area contributed by atoms with Gasteiger partial charge in [0.2, 0.25) is 10.0 Å². The second-order valence-corrected chi connectivity index (χ2v) is 6.97. The van der Waals surface area contributed by atoms with Crippen molar-refractivity contribution in [1.82, 2.24) is 4.72 Å². The number of carboxylic acid groups (broad SMARTS) is 1. The molecule has 0 heterocycles. The van der Waals surface area contributed by atoms with Gasteiger partial charge in [-0.1, -0.05) is 0 Å². The predicted octanol–water partition coefficient (Wildman–Crippen LogP) is 1.48. The quantitative estimate of drug-likeness (QED) is 0.781. The third-order valence-corrected chi connectivity index (χ3v) is 3.95. The lowest BCUT2D eigenvalue weighted by molar-refractivity contribution is 0.0693. The van der Waals surface area contributed by atoms with Gasteiger partial charge in [0, 0.05) is 5.54 Å². The van der Waals surface area contributed by atoms with Crippen molar-refractivity contribution in [3.05, 3.63) is 23.3 Å². The topological polar surface area (TPSA) is 104 Å². The highest BCUT2D eigenvalue weighted by atomic mass is 32.2. The number of hydrogen-bond acceptors (Lipinski definition) is 4. The zero-order valence-corrected chi connectivity index (χ0v) is 12.0. The van der Waals surface area contributed by atoms with Crippen LogP contribution in [0.25, 0.3) is 0 Å². The highest BCUT2D eigenvalue weighted by Crippen LogP contribution is 2.29. The van der Waals surface area contributed by atoms with Crippen molar-refractivity contribution < 1.29 is 23.4 Å². The molecule has 1 rings (SSSR count). The summed E-state index contributed by atoms with van der Waals surface area (Å²) in [7, 11) is -3.99. The first-order valence-electron chi connectivity index (χ1n) is 5.55. The van der Waals surface area contributed by atoms with E-state index in [1.54, 1.807) is 27.7 Å². The Morgan fingerprint density at radius 3 is 2.21 bits per heavy atom. The number of sulfonamides is 1. The van der Waals surface area contributed by atoms with Gasteiger partial charge in [-0.05, 0) is 45.4 Å². The summed E-state index contributed by atoms with van der Waals surface area (Å²) < 4.78 is 26.6. The van der Waals surface area contributed by atoms with Gasteiger partial charge in [0.25, 0.3) is 0 Å². The summed E-state index contributed by atoms with van der Waals surface area (Å²) >= 11 is 0. The number of nitrogens with one attached hydrogen (secondary N) is 1. The number of carbonyl (C=O) groups is 1. The molecular weight excluding hydrogens is 270 g/mol. The smallest absolute Gasteiger partial charge is 0.339 e. The fourth-order valence-corrected chi connectivity index (χ4v) is 3.19. The Hall–Kier alpha value is -1.60. The lowest BCUT2D eigenvalue weighted by Gasteiger charge is -2.21. The number of hydrogen-bond donors (Lipinski definition) is 3. The first-order chi connectivity index (χ1) is 8.44. The molecular formula is C12H17NO5S. The highest BCUT2D eigenvalue weighted by Gasteiger charge is 2.27. The van der Waals surface area contributed by atoms with E-state index in [2.05, 4.69) is 4.72 Å². The van der Waals surface area contributed by atoms with Crippen molar-refractivity contribution in [1.29, 1.82) is 0 Å². The highest BCUT2D eigenvalue weighted by molar-refractivity contribution is 7.89. The van der Waals surface area contributed by atoms with Crippen LogP contribution < -0.4 is 4.72 Å². The molecule has 3 N–H and O–H groups in total. The molecule has 1 aromatic carbocycles. The van der Waals surface area contributed by atoms with Gasteiger partial charge in [-0.25, -0.2) is 17.9 Å². The number of rotatable bonds is 3. The Morgan fingerprint density at radius 2 is 1.79 bits per heavy atom. The van der Waals surface area contributed by atoms with Crippen molar-refractivity contribution in [3.8, 4) is 5.75 Å². The van der Waals surface area contributed by atoms with E-state index < -0.39 is 37.7 Å². The Bertz CT molecular complexity index is 614. The number of aromatic hydroxyl groups is 1. The molecule has 0 aromatic heterocycles. The normalized spacial score (nSPS) is 12.4. The second kappa shape index (κ2) is 4.82. The molecule has 7 heteroatoms. The first kappa shape index (κ1) is 15.5. The fourth-order valence-electron chi connectivity index (χ4n) is 1.57. The Balaban J connectivity index is 3.48. The van der Waals surface area contributed by atoms with Crippen LogP contribution >= 0.6 is 0 Å². The van der Waals surface area contributed by atoms with E-state index >= 15 is 0 Å². The molecule has 6 nitrogen and oxygen atoms in total. The second-order valence-electron chi connectivity index (χ2n) is 5.32. The minimum absolute atomic E-state index is 0.431. The van der Waals surface area contributed by atoms with E-state index in [1.807, 2.05) is 0 Å². The van der Waals surface area contributed by atoms with Crippen LogP contribution in [0.15, 0.2) is 17.0 Å². The monoisotopic (exact) mass is 287 g/mol. The van der Waals surface area contributed by atoms with E-state index in [-0.39, 0.29) is 0 Å². The molecule has 0 spiro atoms. The first-order valence-corrected chi connectivity index (χ1v) is 7.03. The van der Waals surface area contributed by atoms with Crippen LogP contribution in [0.3, 0.4) is 0 Å². The molecule has 0 aliphatic heterocycles. The third-order valence-electron chi connectivity index (χ3n) is 2.18. The van der Waals surface area contributed by atoms with Crippen LogP contribution in [0.1, 0.15) is 36.7 Å². The van der Waals surface area contributed by atoms with Gasteiger partial charge in [0.1, 0.15) is 16.2 Å². The van der Waals surface area contributed by atoms with E-state index in [0.717, 1.165) is 0 Å². The molecule has 0 bridgehead atoms. The van der Waals surface area contributed by atoms with Crippen LogP contribution in [0.2, 0.25) is 0 Å². The minimum Gasteiger partial charge on any atom is -0.506 e. The molecule has 0 unspecified atom stereocenters. The maximum absolute atomic E-state index is 12.1. The van der Waals surface area contributed by atoms with Crippen LogP contribution in [-0.4, -0.2) is 30.1 Å². The standard InChI is InChI=1S/C12H17NO5S/c1-7-5-8(11(15)16)10(14)9(6-7)19(17,18)13-12(2,3)4/h5-6,13-14H,1-4H3,(H,15,16). The summed E-state index contributed by atoms with van der Waals surface area (Å²) in [6.07, 6.45) is 0.